The minimum Gasteiger partial charge on any atom is -0.498 e. The summed E-state index contributed by atoms with van der Waals surface area (Å²) in [5.74, 6) is 1.58. The second-order valence-electron chi connectivity index (χ2n) is 4.78. The molecule has 2 aliphatic rings. The second-order valence-corrected chi connectivity index (χ2v) is 6.02. The van der Waals surface area contributed by atoms with Gasteiger partial charge < -0.3 is 28.4 Å². The van der Waals surface area contributed by atoms with Crippen LogP contribution in [0.4, 0.5) is 0 Å². The fraction of sp³-hybridized carbons (Fsp3) is 0.625. The largest absolute Gasteiger partial charge is 0.498 e. The van der Waals surface area contributed by atoms with Crippen molar-refractivity contribution in [1.82, 2.24) is 0 Å². The van der Waals surface area contributed by atoms with E-state index in [1.54, 1.807) is 6.26 Å². The van der Waals surface area contributed by atoms with Crippen molar-refractivity contribution in [1.29, 1.82) is 0 Å². The number of hydrogen-bond donors (Lipinski definition) is 0. The van der Waals surface area contributed by atoms with Crippen LogP contribution in [0.5, 0.6) is 0 Å². The molecule has 0 fully saturated rings. The number of hydrogen-bond acceptors (Lipinski definition) is 6. The van der Waals surface area contributed by atoms with E-state index in [9.17, 15) is 0 Å². The molecule has 0 spiro atoms. The molecule has 0 bridgehead atoms. The number of halogens is 1. The Bertz CT molecular complexity index is 432. The quantitative estimate of drug-likeness (QED) is 0.542. The van der Waals surface area contributed by atoms with Gasteiger partial charge in [0, 0.05) is 10.0 Å². The van der Waals surface area contributed by atoms with Crippen LogP contribution in [0.3, 0.4) is 0 Å². The maximum atomic E-state index is 5.68. The van der Waals surface area contributed by atoms with Crippen LogP contribution in [0.25, 0.3) is 0 Å². The molecular weight excluding hydrogens is 415 g/mol. The summed E-state index contributed by atoms with van der Waals surface area (Å²) in [6.07, 6.45) is 6.22. The second kappa shape index (κ2) is 11.7. The number of allylic oxidation sites excluding steroid dienone is 3. The molecule has 2 rings (SSSR count). The zero-order valence-electron chi connectivity index (χ0n) is 13.1. The first kappa shape index (κ1) is 18.6. The Morgan fingerprint density at radius 2 is 1.35 bits per heavy atom. The lowest BCUT2D eigenvalue weighted by molar-refractivity contribution is 0.00315. The molecule has 2 aliphatic heterocycles. The van der Waals surface area contributed by atoms with Crippen molar-refractivity contribution in [3.63, 3.8) is 0 Å². The first-order valence-corrected chi connectivity index (χ1v) is 8.81. The normalized spacial score (nSPS) is 26.2. The van der Waals surface area contributed by atoms with Gasteiger partial charge in [-0.3, -0.25) is 0 Å². The lowest BCUT2D eigenvalue weighted by Gasteiger charge is -2.20. The van der Waals surface area contributed by atoms with Crippen LogP contribution in [0.15, 0.2) is 33.5 Å². The third kappa shape index (κ3) is 8.05. The lowest BCUT2D eigenvalue weighted by atomic mass is 10.2. The van der Waals surface area contributed by atoms with E-state index in [1.807, 2.05) is 12.2 Å². The van der Waals surface area contributed by atoms with Crippen molar-refractivity contribution in [2.75, 3.05) is 59.5 Å². The summed E-state index contributed by atoms with van der Waals surface area (Å²) in [5, 5.41) is 0. The molecular formula is C16H23IO6. The Balaban J connectivity index is 1.94. The van der Waals surface area contributed by atoms with Crippen LogP contribution in [0.1, 0.15) is 6.42 Å². The minimum atomic E-state index is 0.511. The van der Waals surface area contributed by atoms with Gasteiger partial charge in [-0.25, -0.2) is 0 Å². The summed E-state index contributed by atoms with van der Waals surface area (Å²) in [6, 6.07) is 0. The summed E-state index contributed by atoms with van der Waals surface area (Å²) in [6.45, 7) is 5.00. The van der Waals surface area contributed by atoms with E-state index in [0.29, 0.717) is 65.9 Å². The molecule has 0 saturated carbocycles. The van der Waals surface area contributed by atoms with Crippen LogP contribution in [-0.4, -0.2) is 59.5 Å². The standard InChI is InChI=1S/C16H23IO6/c17-14-1-2-15-16(23-12-11-22-15)3-4-18-5-6-19-7-8-20-9-10-21-13-14/h1-2,13H,3-12H2/b2-1-,14-13+. The Hall–Kier alpha value is -0.770. The van der Waals surface area contributed by atoms with Crippen LogP contribution in [-0.2, 0) is 28.4 Å². The van der Waals surface area contributed by atoms with Crippen LogP contribution >= 0.6 is 22.6 Å². The number of rotatable bonds is 0. The molecule has 2 heterocycles. The van der Waals surface area contributed by atoms with Gasteiger partial charge in [0.15, 0.2) is 5.76 Å². The predicted octanol–water partition coefficient (Wildman–Crippen LogP) is 2.55. The highest BCUT2D eigenvalue weighted by molar-refractivity contribution is 14.1. The zero-order valence-corrected chi connectivity index (χ0v) is 15.3. The van der Waals surface area contributed by atoms with Gasteiger partial charge in [-0.05, 0) is 34.7 Å². The topological polar surface area (TPSA) is 55.4 Å². The minimum absolute atomic E-state index is 0.511. The van der Waals surface area contributed by atoms with Crippen LogP contribution in [0, 0.1) is 0 Å². The van der Waals surface area contributed by atoms with Gasteiger partial charge in [0.25, 0.3) is 0 Å². The third-order valence-corrected chi connectivity index (χ3v) is 3.66. The van der Waals surface area contributed by atoms with Gasteiger partial charge in [-0.2, -0.15) is 0 Å². The Kier molecular flexibility index (Phi) is 9.46. The molecule has 130 valence electrons. The zero-order chi connectivity index (χ0) is 16.2. The average molecular weight is 438 g/mol. The van der Waals surface area contributed by atoms with Crippen molar-refractivity contribution < 1.29 is 28.4 Å². The van der Waals surface area contributed by atoms with E-state index in [2.05, 4.69) is 22.6 Å². The first-order valence-electron chi connectivity index (χ1n) is 7.73. The molecule has 0 radical (unpaired) electrons. The van der Waals surface area contributed by atoms with Gasteiger partial charge >= 0.3 is 0 Å². The molecule has 0 aliphatic carbocycles. The Labute approximate surface area is 150 Å². The fourth-order valence-electron chi connectivity index (χ4n) is 1.95. The van der Waals surface area contributed by atoms with Crippen molar-refractivity contribution in [2.45, 2.75) is 6.42 Å². The summed E-state index contributed by atoms with van der Waals surface area (Å²) in [7, 11) is 0. The molecule has 0 aromatic heterocycles. The average Bonchev–Trinajstić information content (AvgIpc) is 2.57. The van der Waals surface area contributed by atoms with Crippen molar-refractivity contribution in [3.05, 3.63) is 33.5 Å². The molecule has 0 aromatic carbocycles. The summed E-state index contributed by atoms with van der Waals surface area (Å²) >= 11 is 2.20. The first-order chi connectivity index (χ1) is 11.4. The molecule has 0 amide bonds. The Morgan fingerprint density at radius 1 is 0.696 bits per heavy atom. The van der Waals surface area contributed by atoms with Gasteiger partial charge in [-0.15, -0.1) is 0 Å². The summed E-state index contributed by atoms with van der Waals surface area (Å²) < 4.78 is 34.1. The summed E-state index contributed by atoms with van der Waals surface area (Å²) in [4.78, 5) is 0. The third-order valence-electron chi connectivity index (χ3n) is 3.04. The highest BCUT2D eigenvalue weighted by atomic mass is 127. The predicted molar refractivity (Wildman–Crippen MR) is 93.2 cm³/mol. The summed E-state index contributed by atoms with van der Waals surface area (Å²) in [5.41, 5.74) is 0. The van der Waals surface area contributed by atoms with E-state index >= 15 is 0 Å². The van der Waals surface area contributed by atoms with E-state index in [-0.39, 0.29) is 0 Å². The molecule has 0 atom stereocenters. The molecule has 6 nitrogen and oxygen atoms in total. The van der Waals surface area contributed by atoms with E-state index in [0.717, 1.165) is 15.1 Å². The number of ether oxygens (including phenoxy) is 6. The maximum absolute atomic E-state index is 5.68. The van der Waals surface area contributed by atoms with Crippen molar-refractivity contribution in [3.8, 4) is 0 Å². The monoisotopic (exact) mass is 438 g/mol. The molecule has 0 saturated heterocycles. The van der Waals surface area contributed by atoms with E-state index in [1.165, 1.54) is 0 Å². The maximum Gasteiger partial charge on any atom is 0.157 e. The Morgan fingerprint density at radius 3 is 2.13 bits per heavy atom. The van der Waals surface area contributed by atoms with Gasteiger partial charge in [-0.1, -0.05) is 0 Å². The van der Waals surface area contributed by atoms with E-state index < -0.39 is 0 Å². The highest BCUT2D eigenvalue weighted by Crippen LogP contribution is 2.20. The van der Waals surface area contributed by atoms with Crippen LogP contribution in [0.2, 0.25) is 0 Å². The molecule has 7 heteroatoms. The van der Waals surface area contributed by atoms with Gasteiger partial charge in [0.2, 0.25) is 0 Å². The molecule has 0 aromatic rings. The molecule has 0 unspecified atom stereocenters. The van der Waals surface area contributed by atoms with E-state index in [4.69, 9.17) is 28.4 Å². The van der Waals surface area contributed by atoms with Crippen molar-refractivity contribution >= 4 is 22.6 Å². The van der Waals surface area contributed by atoms with Crippen molar-refractivity contribution in [2.24, 2.45) is 0 Å². The van der Waals surface area contributed by atoms with Gasteiger partial charge in [0.05, 0.1) is 45.9 Å². The fourth-order valence-corrected chi connectivity index (χ4v) is 2.31. The SMILES string of the molecule is IC1=C/OCCOCCOCCOCCC2=C(/C=C\1)OCCO2. The molecule has 23 heavy (non-hydrogen) atoms. The smallest absolute Gasteiger partial charge is 0.157 e. The lowest BCUT2D eigenvalue weighted by Crippen LogP contribution is -2.15. The highest BCUT2D eigenvalue weighted by Gasteiger charge is 2.13. The van der Waals surface area contributed by atoms with Crippen LogP contribution < -0.4 is 0 Å². The van der Waals surface area contributed by atoms with Gasteiger partial charge in [0.1, 0.15) is 25.6 Å². The molecule has 0 N–H and O–H groups in total.